The van der Waals surface area contributed by atoms with E-state index in [4.69, 9.17) is 4.74 Å². The average molecular weight is 580 g/mol. The standard InChI is InChI=1S/C19H19N3O2.C13H18F2O.C2H6/c1-12-20-17-5-3-15(10-18(17)21-12)14-4-6-19-16(9-14)11-22(13(2)23)7-8-24-19;1-3-4-11(16)7-9(2)10-5-6-12(14)13(15)8-10;1-2/h3-6,9-10H,7-8,11H2,1-2H3,(H,20,21);5-6,8-9,11,16H,3-4,7H2,1-2H3;1-2H3. The summed E-state index contributed by atoms with van der Waals surface area (Å²) in [5.41, 5.74) is 6.00. The van der Waals surface area contributed by atoms with E-state index < -0.39 is 11.6 Å². The Bertz CT molecular complexity index is 1470. The number of halogens is 2. The largest absolute Gasteiger partial charge is 0.491 e. The van der Waals surface area contributed by atoms with Crippen LogP contribution < -0.4 is 4.74 Å². The molecule has 2 N–H and O–H groups in total. The van der Waals surface area contributed by atoms with Crippen LogP contribution in [-0.4, -0.2) is 45.1 Å². The van der Waals surface area contributed by atoms with Crippen molar-refractivity contribution < 1.29 is 23.4 Å². The minimum atomic E-state index is -0.829. The Morgan fingerprint density at radius 2 is 1.79 bits per heavy atom. The van der Waals surface area contributed by atoms with Crippen molar-refractivity contribution in [3.05, 3.63) is 83.2 Å². The first kappa shape index (κ1) is 32.7. The second-order valence-corrected chi connectivity index (χ2v) is 10.4. The molecule has 0 saturated carbocycles. The molecular formula is C34H43F2N3O3. The Morgan fingerprint density at radius 1 is 1.07 bits per heavy atom. The summed E-state index contributed by atoms with van der Waals surface area (Å²) in [6, 6.07) is 16.3. The van der Waals surface area contributed by atoms with E-state index in [-0.39, 0.29) is 17.9 Å². The summed E-state index contributed by atoms with van der Waals surface area (Å²) in [6.45, 7) is 13.2. The quantitative estimate of drug-likeness (QED) is 0.243. The molecule has 226 valence electrons. The first-order chi connectivity index (χ1) is 20.1. The number of nitrogens with zero attached hydrogens (tertiary/aromatic N) is 2. The summed E-state index contributed by atoms with van der Waals surface area (Å²) in [5.74, 6) is 0.234. The molecule has 1 aromatic heterocycles. The molecule has 1 aliphatic rings. The Morgan fingerprint density at radius 3 is 2.48 bits per heavy atom. The molecule has 0 aliphatic carbocycles. The van der Waals surface area contributed by atoms with Crippen LogP contribution in [0.5, 0.6) is 5.75 Å². The minimum absolute atomic E-state index is 0.0386. The van der Waals surface area contributed by atoms with Gasteiger partial charge < -0.3 is 19.7 Å². The number of aryl methyl sites for hydroxylation is 1. The lowest BCUT2D eigenvalue weighted by Gasteiger charge is -2.17. The molecule has 6 nitrogen and oxygen atoms in total. The van der Waals surface area contributed by atoms with Gasteiger partial charge in [-0.2, -0.15) is 0 Å². The number of imidazole rings is 1. The van der Waals surface area contributed by atoms with Gasteiger partial charge in [0.15, 0.2) is 11.6 Å². The molecule has 5 rings (SSSR count). The van der Waals surface area contributed by atoms with Gasteiger partial charge in [-0.1, -0.05) is 52.3 Å². The van der Waals surface area contributed by atoms with Crippen molar-refractivity contribution in [2.24, 2.45) is 0 Å². The summed E-state index contributed by atoms with van der Waals surface area (Å²) in [5, 5.41) is 9.64. The zero-order valence-electron chi connectivity index (χ0n) is 25.5. The van der Waals surface area contributed by atoms with Crippen LogP contribution in [0.15, 0.2) is 54.6 Å². The summed E-state index contributed by atoms with van der Waals surface area (Å²) in [6.07, 6.45) is 1.88. The first-order valence-electron chi connectivity index (χ1n) is 14.8. The highest BCUT2D eigenvalue weighted by Crippen LogP contribution is 2.30. The molecule has 0 saturated heterocycles. The molecule has 0 bridgehead atoms. The van der Waals surface area contributed by atoms with Crippen LogP contribution in [-0.2, 0) is 11.3 Å². The second-order valence-electron chi connectivity index (χ2n) is 10.4. The van der Waals surface area contributed by atoms with Crippen molar-refractivity contribution in [2.75, 3.05) is 13.2 Å². The summed E-state index contributed by atoms with van der Waals surface area (Å²) in [7, 11) is 0. The number of benzene rings is 3. The number of H-pyrrole nitrogens is 1. The third kappa shape index (κ3) is 8.61. The number of fused-ring (bicyclic) bond motifs is 2. The van der Waals surface area contributed by atoms with Crippen LogP contribution in [0.3, 0.4) is 0 Å². The number of carbonyl (C=O) groups is 1. The van der Waals surface area contributed by atoms with Gasteiger partial charge >= 0.3 is 0 Å². The maximum atomic E-state index is 13.0. The van der Waals surface area contributed by atoms with Gasteiger partial charge in [-0.3, -0.25) is 4.79 Å². The normalized spacial score (nSPS) is 13.9. The molecule has 8 heteroatoms. The molecule has 1 amide bonds. The van der Waals surface area contributed by atoms with Gasteiger partial charge in [-0.25, -0.2) is 13.8 Å². The van der Waals surface area contributed by atoms with Gasteiger partial charge in [0.1, 0.15) is 18.2 Å². The number of aromatic amines is 1. The molecule has 2 unspecified atom stereocenters. The van der Waals surface area contributed by atoms with Crippen molar-refractivity contribution in [2.45, 2.75) is 79.4 Å². The Balaban J connectivity index is 0.000000235. The van der Waals surface area contributed by atoms with Gasteiger partial charge in [-0.05, 0) is 78.8 Å². The number of hydrogen-bond donors (Lipinski definition) is 2. The molecule has 2 heterocycles. The van der Waals surface area contributed by atoms with Crippen LogP contribution in [0.2, 0.25) is 0 Å². The van der Waals surface area contributed by atoms with E-state index in [1.165, 1.54) is 6.07 Å². The molecule has 42 heavy (non-hydrogen) atoms. The van der Waals surface area contributed by atoms with E-state index in [1.807, 2.05) is 51.7 Å². The number of nitrogens with one attached hydrogen (secondary N) is 1. The lowest BCUT2D eigenvalue weighted by atomic mass is 9.93. The van der Waals surface area contributed by atoms with Gasteiger partial charge in [0.2, 0.25) is 5.91 Å². The van der Waals surface area contributed by atoms with Crippen molar-refractivity contribution >= 4 is 16.9 Å². The maximum Gasteiger partial charge on any atom is 0.219 e. The number of amides is 1. The lowest BCUT2D eigenvalue weighted by Crippen LogP contribution is -2.30. The van der Waals surface area contributed by atoms with Crippen LogP contribution >= 0.6 is 0 Å². The van der Waals surface area contributed by atoms with Gasteiger partial charge in [0.25, 0.3) is 0 Å². The van der Waals surface area contributed by atoms with Crippen molar-refractivity contribution in [3.8, 4) is 16.9 Å². The number of aromatic nitrogens is 2. The van der Waals surface area contributed by atoms with Crippen LogP contribution in [0.25, 0.3) is 22.2 Å². The monoisotopic (exact) mass is 579 g/mol. The highest BCUT2D eigenvalue weighted by Gasteiger charge is 2.18. The highest BCUT2D eigenvalue weighted by molar-refractivity contribution is 5.82. The van der Waals surface area contributed by atoms with Crippen LogP contribution in [0.4, 0.5) is 8.78 Å². The van der Waals surface area contributed by atoms with Gasteiger partial charge in [0, 0.05) is 19.0 Å². The molecule has 3 aromatic carbocycles. The van der Waals surface area contributed by atoms with Crippen molar-refractivity contribution in [1.82, 2.24) is 14.9 Å². The Kier molecular flexibility index (Phi) is 12.0. The number of ether oxygens (including phenoxy) is 1. The number of carbonyl (C=O) groups excluding carboxylic acids is 1. The first-order valence-corrected chi connectivity index (χ1v) is 14.8. The fourth-order valence-corrected chi connectivity index (χ4v) is 4.97. The molecule has 1 aliphatic heterocycles. The van der Waals surface area contributed by atoms with Crippen LogP contribution in [0, 0.1) is 18.6 Å². The van der Waals surface area contributed by atoms with Gasteiger partial charge in [0.05, 0.1) is 23.7 Å². The SMILES string of the molecule is CC.CC(=O)N1CCOc2ccc(-c3ccc4nc(C)[nH]c4c3)cc2C1.CCCC(O)CC(C)c1ccc(F)c(F)c1. The number of hydrogen-bond acceptors (Lipinski definition) is 4. The Labute approximate surface area is 247 Å². The maximum absolute atomic E-state index is 13.0. The summed E-state index contributed by atoms with van der Waals surface area (Å²) < 4.78 is 31.5. The minimum Gasteiger partial charge on any atom is -0.491 e. The topological polar surface area (TPSA) is 78.5 Å². The average Bonchev–Trinajstić information content (AvgIpc) is 3.20. The zero-order chi connectivity index (χ0) is 30.8. The molecule has 2 atom stereocenters. The van der Waals surface area contributed by atoms with E-state index in [9.17, 15) is 18.7 Å². The number of aliphatic hydroxyl groups excluding tert-OH is 1. The zero-order valence-corrected chi connectivity index (χ0v) is 25.5. The summed E-state index contributed by atoms with van der Waals surface area (Å²) >= 11 is 0. The van der Waals surface area contributed by atoms with E-state index in [2.05, 4.69) is 34.2 Å². The van der Waals surface area contributed by atoms with Crippen molar-refractivity contribution in [3.63, 3.8) is 0 Å². The molecular weight excluding hydrogens is 536 g/mol. The molecule has 4 aromatic rings. The molecule has 0 spiro atoms. The fourth-order valence-electron chi connectivity index (χ4n) is 4.97. The second kappa shape index (κ2) is 15.4. The summed E-state index contributed by atoms with van der Waals surface area (Å²) in [4.78, 5) is 21.3. The molecule has 0 fully saturated rings. The third-order valence-electron chi connectivity index (χ3n) is 7.18. The predicted octanol–water partition coefficient (Wildman–Crippen LogP) is 7.92. The predicted molar refractivity (Wildman–Crippen MR) is 165 cm³/mol. The molecule has 0 radical (unpaired) electrons. The highest BCUT2D eigenvalue weighted by atomic mass is 19.2. The fraction of sp³-hybridized carbons (Fsp3) is 0.412. The number of aliphatic hydroxyl groups is 1. The smallest absolute Gasteiger partial charge is 0.219 e. The Hall–Kier alpha value is -3.78. The van der Waals surface area contributed by atoms with Gasteiger partial charge in [-0.15, -0.1) is 0 Å². The van der Waals surface area contributed by atoms with E-state index in [0.717, 1.165) is 63.8 Å². The van der Waals surface area contributed by atoms with E-state index in [1.54, 1.807) is 13.0 Å². The van der Waals surface area contributed by atoms with Crippen LogP contribution in [0.1, 0.15) is 76.8 Å². The third-order valence-corrected chi connectivity index (χ3v) is 7.18. The lowest BCUT2D eigenvalue weighted by molar-refractivity contribution is -0.129. The van der Waals surface area contributed by atoms with E-state index in [0.29, 0.717) is 26.1 Å². The van der Waals surface area contributed by atoms with Crippen molar-refractivity contribution in [1.29, 1.82) is 0 Å². The van der Waals surface area contributed by atoms with E-state index >= 15 is 0 Å². The number of rotatable bonds is 6.